The van der Waals surface area contributed by atoms with Crippen LogP contribution >= 0.6 is 0 Å². The second kappa shape index (κ2) is 10.4. The summed E-state index contributed by atoms with van der Waals surface area (Å²) in [6, 6.07) is 6.46. The first kappa shape index (κ1) is 20.5. The second-order valence-corrected chi connectivity index (χ2v) is 7.05. The van der Waals surface area contributed by atoms with E-state index in [0.29, 0.717) is 19.0 Å². The Kier molecular flexibility index (Phi) is 8.19. The van der Waals surface area contributed by atoms with E-state index in [2.05, 4.69) is 29.2 Å². The molecule has 0 bridgehead atoms. The van der Waals surface area contributed by atoms with Crippen LogP contribution in [-0.4, -0.2) is 76.2 Å². The number of amides is 1. The molecule has 1 heterocycles. The summed E-state index contributed by atoms with van der Waals surface area (Å²) in [5.74, 6) is 1.55. The molecule has 26 heavy (non-hydrogen) atoms. The van der Waals surface area contributed by atoms with Crippen LogP contribution in [0.15, 0.2) is 18.2 Å². The van der Waals surface area contributed by atoms with Gasteiger partial charge in [-0.3, -0.25) is 4.79 Å². The minimum atomic E-state index is 0.116. The van der Waals surface area contributed by atoms with Crippen LogP contribution in [0.1, 0.15) is 24.8 Å². The molecule has 1 amide bonds. The molecule has 1 aromatic rings. The summed E-state index contributed by atoms with van der Waals surface area (Å²) in [6.07, 6.45) is 3.70. The number of ether oxygens (including phenoxy) is 2. The standard InChI is InChI=1S/C20H33N3O3/c1-22-12-8-17(9-13-22)23(2)14-10-20(24)21-11-7-16-5-6-18(25-3)19(15-16)26-4/h5-6,15,17H,7-14H2,1-4H3,(H,21,24). The zero-order valence-corrected chi connectivity index (χ0v) is 16.6. The third-order valence-corrected chi connectivity index (χ3v) is 5.19. The average Bonchev–Trinajstić information content (AvgIpc) is 2.66. The lowest BCUT2D eigenvalue weighted by Crippen LogP contribution is -2.43. The molecule has 0 radical (unpaired) electrons. The Morgan fingerprint density at radius 2 is 1.92 bits per heavy atom. The van der Waals surface area contributed by atoms with Gasteiger partial charge in [-0.15, -0.1) is 0 Å². The molecule has 1 fully saturated rings. The van der Waals surface area contributed by atoms with Gasteiger partial charge in [-0.05, 0) is 64.1 Å². The highest BCUT2D eigenvalue weighted by atomic mass is 16.5. The molecule has 0 aliphatic carbocycles. The largest absolute Gasteiger partial charge is 0.493 e. The van der Waals surface area contributed by atoms with Crippen LogP contribution in [0.3, 0.4) is 0 Å². The number of carbonyl (C=O) groups is 1. The van der Waals surface area contributed by atoms with Crippen molar-refractivity contribution in [2.24, 2.45) is 0 Å². The molecule has 1 N–H and O–H groups in total. The van der Waals surface area contributed by atoms with Gasteiger partial charge in [0, 0.05) is 25.6 Å². The quantitative estimate of drug-likeness (QED) is 0.725. The molecule has 0 atom stereocenters. The summed E-state index contributed by atoms with van der Waals surface area (Å²) in [4.78, 5) is 16.8. The number of methoxy groups -OCH3 is 2. The van der Waals surface area contributed by atoms with Crippen molar-refractivity contribution >= 4 is 5.91 Å². The molecule has 0 unspecified atom stereocenters. The van der Waals surface area contributed by atoms with E-state index in [1.807, 2.05) is 18.2 Å². The first-order valence-electron chi connectivity index (χ1n) is 9.40. The molecule has 1 aliphatic rings. The number of benzene rings is 1. The van der Waals surface area contributed by atoms with E-state index in [4.69, 9.17) is 9.47 Å². The first-order chi connectivity index (χ1) is 12.5. The number of hydrogen-bond donors (Lipinski definition) is 1. The Balaban J connectivity index is 1.67. The number of likely N-dealkylation sites (tertiary alicyclic amines) is 1. The fraction of sp³-hybridized carbons (Fsp3) is 0.650. The van der Waals surface area contributed by atoms with E-state index in [9.17, 15) is 4.79 Å². The number of carbonyl (C=O) groups excluding carboxylic acids is 1. The molecule has 1 saturated heterocycles. The molecule has 0 aromatic heterocycles. The summed E-state index contributed by atoms with van der Waals surface area (Å²) in [6.45, 7) is 3.74. The van der Waals surface area contributed by atoms with Crippen molar-refractivity contribution in [3.8, 4) is 11.5 Å². The third-order valence-electron chi connectivity index (χ3n) is 5.19. The fourth-order valence-corrected chi connectivity index (χ4v) is 3.37. The Morgan fingerprint density at radius 3 is 2.58 bits per heavy atom. The van der Waals surface area contributed by atoms with Crippen LogP contribution in [0.25, 0.3) is 0 Å². The molecule has 1 aliphatic heterocycles. The minimum absolute atomic E-state index is 0.116. The molecule has 0 spiro atoms. The van der Waals surface area contributed by atoms with Crippen molar-refractivity contribution in [3.05, 3.63) is 23.8 Å². The second-order valence-electron chi connectivity index (χ2n) is 7.05. The molecule has 146 valence electrons. The van der Waals surface area contributed by atoms with Crippen LogP contribution in [0, 0.1) is 0 Å². The van der Waals surface area contributed by atoms with Crippen molar-refractivity contribution in [1.82, 2.24) is 15.1 Å². The molecule has 0 saturated carbocycles. The Morgan fingerprint density at radius 1 is 1.23 bits per heavy atom. The van der Waals surface area contributed by atoms with Crippen molar-refractivity contribution in [1.29, 1.82) is 0 Å². The maximum Gasteiger partial charge on any atom is 0.221 e. The minimum Gasteiger partial charge on any atom is -0.493 e. The molecular formula is C20H33N3O3. The van der Waals surface area contributed by atoms with E-state index in [-0.39, 0.29) is 5.91 Å². The van der Waals surface area contributed by atoms with Gasteiger partial charge in [0.1, 0.15) is 0 Å². The number of nitrogens with zero attached hydrogens (tertiary/aromatic N) is 2. The highest BCUT2D eigenvalue weighted by Gasteiger charge is 2.20. The molecule has 6 heteroatoms. The average molecular weight is 364 g/mol. The number of nitrogens with one attached hydrogen (secondary N) is 1. The summed E-state index contributed by atoms with van der Waals surface area (Å²) in [7, 11) is 7.56. The van der Waals surface area contributed by atoms with E-state index in [1.54, 1.807) is 14.2 Å². The zero-order chi connectivity index (χ0) is 18.9. The van der Waals surface area contributed by atoms with Gasteiger partial charge in [0.25, 0.3) is 0 Å². The topological polar surface area (TPSA) is 54.0 Å². The molecule has 1 aromatic carbocycles. The van der Waals surface area contributed by atoms with E-state index >= 15 is 0 Å². The van der Waals surface area contributed by atoms with Crippen LogP contribution in [0.4, 0.5) is 0 Å². The highest BCUT2D eigenvalue weighted by Crippen LogP contribution is 2.27. The molecular weight excluding hydrogens is 330 g/mol. The van der Waals surface area contributed by atoms with Crippen molar-refractivity contribution < 1.29 is 14.3 Å². The number of piperidine rings is 1. The lowest BCUT2D eigenvalue weighted by atomic mass is 10.0. The lowest BCUT2D eigenvalue weighted by Gasteiger charge is -2.35. The van der Waals surface area contributed by atoms with Crippen LogP contribution in [-0.2, 0) is 11.2 Å². The Bertz CT molecular complexity index is 571. The van der Waals surface area contributed by atoms with Gasteiger partial charge >= 0.3 is 0 Å². The van der Waals surface area contributed by atoms with Gasteiger partial charge in [-0.25, -0.2) is 0 Å². The van der Waals surface area contributed by atoms with Crippen LogP contribution in [0.5, 0.6) is 11.5 Å². The number of rotatable bonds is 9. The first-order valence-corrected chi connectivity index (χ1v) is 9.40. The Hall–Kier alpha value is -1.79. The normalized spacial score (nSPS) is 15.9. The van der Waals surface area contributed by atoms with E-state index in [0.717, 1.165) is 43.1 Å². The van der Waals surface area contributed by atoms with Crippen LogP contribution < -0.4 is 14.8 Å². The SMILES string of the molecule is COc1ccc(CCNC(=O)CCN(C)C2CCN(C)CC2)cc1OC. The predicted octanol–water partition coefficient (Wildman–Crippen LogP) is 1.78. The monoisotopic (exact) mass is 363 g/mol. The van der Waals surface area contributed by atoms with E-state index < -0.39 is 0 Å². The smallest absolute Gasteiger partial charge is 0.221 e. The number of hydrogen-bond acceptors (Lipinski definition) is 5. The highest BCUT2D eigenvalue weighted by molar-refractivity contribution is 5.76. The molecule has 2 rings (SSSR count). The third kappa shape index (κ3) is 6.18. The molecule has 6 nitrogen and oxygen atoms in total. The van der Waals surface area contributed by atoms with Crippen molar-refractivity contribution in [2.45, 2.75) is 31.7 Å². The Labute approximate surface area is 157 Å². The summed E-state index contributed by atoms with van der Waals surface area (Å²) in [5, 5.41) is 3.02. The lowest BCUT2D eigenvalue weighted by molar-refractivity contribution is -0.121. The van der Waals surface area contributed by atoms with Gasteiger partial charge < -0.3 is 24.6 Å². The summed E-state index contributed by atoms with van der Waals surface area (Å²) < 4.78 is 10.6. The predicted molar refractivity (Wildman–Crippen MR) is 104 cm³/mol. The van der Waals surface area contributed by atoms with Crippen molar-refractivity contribution in [3.63, 3.8) is 0 Å². The van der Waals surface area contributed by atoms with Gasteiger partial charge in [0.05, 0.1) is 14.2 Å². The van der Waals surface area contributed by atoms with Gasteiger partial charge in [-0.1, -0.05) is 6.07 Å². The van der Waals surface area contributed by atoms with Crippen LogP contribution in [0.2, 0.25) is 0 Å². The van der Waals surface area contributed by atoms with Gasteiger partial charge in [0.2, 0.25) is 5.91 Å². The summed E-state index contributed by atoms with van der Waals surface area (Å²) in [5.41, 5.74) is 1.12. The zero-order valence-electron chi connectivity index (χ0n) is 16.6. The fourth-order valence-electron chi connectivity index (χ4n) is 3.37. The maximum absolute atomic E-state index is 12.1. The van der Waals surface area contributed by atoms with Crippen molar-refractivity contribution in [2.75, 3.05) is 54.5 Å². The summed E-state index contributed by atoms with van der Waals surface area (Å²) >= 11 is 0. The maximum atomic E-state index is 12.1. The van der Waals surface area contributed by atoms with Gasteiger partial charge in [0.15, 0.2) is 11.5 Å². The van der Waals surface area contributed by atoms with E-state index in [1.165, 1.54) is 12.8 Å². The van der Waals surface area contributed by atoms with Gasteiger partial charge in [-0.2, -0.15) is 0 Å².